The Bertz CT molecular complexity index is 1300. The zero-order valence-corrected chi connectivity index (χ0v) is 19.3. The summed E-state index contributed by atoms with van der Waals surface area (Å²) in [4.78, 5) is 14.9. The van der Waals surface area contributed by atoms with Crippen molar-refractivity contribution in [1.82, 2.24) is 24.8 Å². The molecule has 2 saturated heterocycles. The molecule has 2 aromatic heterocycles. The average Bonchev–Trinajstić information content (AvgIpc) is 3.25. The van der Waals surface area contributed by atoms with Crippen molar-refractivity contribution in [1.29, 1.82) is 5.26 Å². The van der Waals surface area contributed by atoms with Crippen molar-refractivity contribution >= 4 is 11.6 Å². The van der Waals surface area contributed by atoms with E-state index in [0.717, 1.165) is 31.0 Å². The highest BCUT2D eigenvalue weighted by atomic mass is 19.4. The molecule has 36 heavy (non-hydrogen) atoms. The summed E-state index contributed by atoms with van der Waals surface area (Å²) < 4.78 is 55.7. The van der Waals surface area contributed by atoms with Crippen molar-refractivity contribution in [2.75, 3.05) is 36.8 Å². The molecule has 0 amide bonds. The molecule has 2 aliphatic rings. The first-order valence-electron chi connectivity index (χ1n) is 11.6. The number of hydrogen-bond donors (Lipinski definition) is 2. The second kappa shape index (κ2) is 9.39. The highest BCUT2D eigenvalue weighted by Gasteiger charge is 2.35. The van der Waals surface area contributed by atoms with Crippen molar-refractivity contribution in [2.24, 2.45) is 5.92 Å². The van der Waals surface area contributed by atoms with Crippen molar-refractivity contribution in [3.8, 4) is 17.3 Å². The number of nitriles is 1. The molecule has 0 unspecified atom stereocenters. The summed E-state index contributed by atoms with van der Waals surface area (Å²) in [5.41, 5.74) is 5.39. The van der Waals surface area contributed by atoms with E-state index in [0.29, 0.717) is 49.9 Å². The van der Waals surface area contributed by atoms with Gasteiger partial charge in [-0.05, 0) is 31.0 Å². The van der Waals surface area contributed by atoms with Gasteiger partial charge in [0.25, 0.3) is 0 Å². The highest BCUT2D eigenvalue weighted by Crippen LogP contribution is 2.36. The van der Waals surface area contributed by atoms with E-state index in [4.69, 9.17) is 10.7 Å². The van der Waals surface area contributed by atoms with Crippen molar-refractivity contribution in [3.05, 3.63) is 53.5 Å². The molecule has 0 aliphatic carbocycles. The second-order valence-electron chi connectivity index (χ2n) is 9.18. The third-order valence-electron chi connectivity index (χ3n) is 6.82. The van der Waals surface area contributed by atoms with Crippen molar-refractivity contribution in [2.45, 2.75) is 31.5 Å². The molecule has 0 saturated carbocycles. The largest absolute Gasteiger partial charge is 0.419 e. The van der Waals surface area contributed by atoms with Gasteiger partial charge in [-0.2, -0.15) is 18.4 Å². The van der Waals surface area contributed by atoms with Gasteiger partial charge in [-0.1, -0.05) is 0 Å². The van der Waals surface area contributed by atoms with Gasteiger partial charge in [0.15, 0.2) is 5.82 Å². The molecule has 0 atom stereocenters. The van der Waals surface area contributed by atoms with E-state index in [1.54, 1.807) is 6.20 Å². The van der Waals surface area contributed by atoms with E-state index < -0.39 is 17.6 Å². The van der Waals surface area contributed by atoms with Crippen LogP contribution in [0.5, 0.6) is 0 Å². The molecule has 12 heteroatoms. The van der Waals surface area contributed by atoms with E-state index in [2.05, 4.69) is 21.4 Å². The lowest BCUT2D eigenvalue weighted by Crippen LogP contribution is -2.44. The third-order valence-corrected chi connectivity index (χ3v) is 6.82. The normalized spacial score (nSPS) is 17.1. The average molecular weight is 501 g/mol. The number of benzene rings is 1. The van der Waals surface area contributed by atoms with Crippen molar-refractivity contribution < 1.29 is 17.6 Å². The Balaban J connectivity index is 1.42. The Hall–Kier alpha value is -3.72. The Kier molecular flexibility index (Phi) is 6.26. The summed E-state index contributed by atoms with van der Waals surface area (Å²) in [5, 5.41) is 12.7. The third kappa shape index (κ3) is 4.58. The Morgan fingerprint density at radius 2 is 1.92 bits per heavy atom. The van der Waals surface area contributed by atoms with Gasteiger partial charge in [0.05, 0.1) is 11.3 Å². The van der Waals surface area contributed by atoms with Crippen LogP contribution < -0.4 is 16.0 Å². The molecule has 4 heterocycles. The molecular formula is C24H24F4N8. The number of hydrogen-bond acceptors (Lipinski definition) is 7. The van der Waals surface area contributed by atoms with Crippen LogP contribution in [-0.4, -0.2) is 45.7 Å². The van der Waals surface area contributed by atoms with Gasteiger partial charge >= 0.3 is 6.18 Å². The summed E-state index contributed by atoms with van der Waals surface area (Å²) in [6.07, 6.45) is -0.257. The van der Waals surface area contributed by atoms with Crippen molar-refractivity contribution in [3.63, 3.8) is 0 Å². The number of halogens is 4. The Morgan fingerprint density at radius 3 is 2.56 bits per heavy atom. The molecule has 2 aliphatic heterocycles. The first-order valence-corrected chi connectivity index (χ1v) is 11.6. The lowest BCUT2D eigenvalue weighted by Gasteiger charge is -2.34. The summed E-state index contributed by atoms with van der Waals surface area (Å²) in [5.74, 6) is 0.607. The Morgan fingerprint density at radius 1 is 1.17 bits per heavy atom. The number of piperidine rings is 1. The van der Waals surface area contributed by atoms with Crippen LogP contribution in [0.15, 0.2) is 30.7 Å². The lowest BCUT2D eigenvalue weighted by molar-refractivity contribution is -0.139. The number of alkyl halides is 3. The molecule has 0 radical (unpaired) electrons. The number of imidazole rings is 1. The number of nitrogen functional groups attached to an aromatic ring is 1. The summed E-state index contributed by atoms with van der Waals surface area (Å²) in [6, 6.07) is 5.06. The molecule has 3 aromatic rings. The van der Waals surface area contributed by atoms with Gasteiger partial charge in [0.1, 0.15) is 35.4 Å². The zero-order chi connectivity index (χ0) is 25.4. The van der Waals surface area contributed by atoms with E-state index in [-0.39, 0.29) is 22.9 Å². The predicted molar refractivity (Wildman–Crippen MR) is 124 cm³/mol. The topological polar surface area (TPSA) is 109 Å². The van der Waals surface area contributed by atoms with Crippen LogP contribution in [0.3, 0.4) is 0 Å². The van der Waals surface area contributed by atoms with Crippen LogP contribution in [-0.2, 0) is 12.7 Å². The smallest absolute Gasteiger partial charge is 0.382 e. The van der Waals surface area contributed by atoms with Crippen LogP contribution in [0.4, 0.5) is 29.2 Å². The van der Waals surface area contributed by atoms with E-state index in [1.165, 1.54) is 12.4 Å². The Labute approximate surface area is 204 Å². The van der Waals surface area contributed by atoms with Gasteiger partial charge in [-0.3, -0.25) is 0 Å². The summed E-state index contributed by atoms with van der Waals surface area (Å²) in [6.45, 7) is 3.65. The minimum Gasteiger partial charge on any atom is -0.382 e. The maximum Gasteiger partial charge on any atom is 0.419 e. The van der Waals surface area contributed by atoms with Crippen LogP contribution in [0.1, 0.15) is 35.7 Å². The fraction of sp³-hybridized carbons (Fsp3) is 0.417. The van der Waals surface area contributed by atoms with E-state index in [9.17, 15) is 22.8 Å². The maximum absolute atomic E-state index is 13.8. The quantitative estimate of drug-likeness (QED) is 0.516. The second-order valence-corrected chi connectivity index (χ2v) is 9.18. The highest BCUT2D eigenvalue weighted by molar-refractivity contribution is 5.63. The van der Waals surface area contributed by atoms with Crippen LogP contribution in [0, 0.1) is 23.1 Å². The number of nitrogens with zero attached hydrogens (tertiary/aromatic N) is 6. The monoisotopic (exact) mass is 500 g/mol. The molecular weight excluding hydrogens is 476 g/mol. The summed E-state index contributed by atoms with van der Waals surface area (Å²) in [7, 11) is 0. The van der Waals surface area contributed by atoms with Gasteiger partial charge in [-0.15, -0.1) is 0 Å². The van der Waals surface area contributed by atoms with Crippen LogP contribution in [0.25, 0.3) is 11.3 Å². The molecule has 8 nitrogen and oxygen atoms in total. The molecule has 5 rings (SSSR count). The fourth-order valence-electron chi connectivity index (χ4n) is 4.78. The summed E-state index contributed by atoms with van der Waals surface area (Å²) >= 11 is 0. The van der Waals surface area contributed by atoms with Gasteiger partial charge < -0.3 is 20.5 Å². The maximum atomic E-state index is 13.8. The predicted octanol–water partition coefficient (Wildman–Crippen LogP) is 3.56. The van der Waals surface area contributed by atoms with Gasteiger partial charge in [-0.25, -0.2) is 19.3 Å². The first-order chi connectivity index (χ1) is 17.2. The number of rotatable bonds is 5. The van der Waals surface area contributed by atoms with E-state index >= 15 is 0 Å². The zero-order valence-electron chi connectivity index (χ0n) is 19.3. The van der Waals surface area contributed by atoms with E-state index in [1.807, 2.05) is 9.47 Å². The SMILES string of the molecule is N#Cc1c(N)ncnc1N1CCC(c2nc(-c3ccc(F)c(C(F)(F)F)c3)cn2CC2CNC2)CC1. The molecule has 3 N–H and O–H groups in total. The van der Waals surface area contributed by atoms with Crippen LogP contribution >= 0.6 is 0 Å². The number of nitrogens with two attached hydrogens (primary N) is 1. The fourth-order valence-corrected chi connectivity index (χ4v) is 4.78. The molecule has 1 aromatic carbocycles. The number of nitrogens with one attached hydrogen (secondary N) is 1. The molecule has 188 valence electrons. The lowest BCUT2D eigenvalue weighted by atomic mass is 9.95. The molecule has 2 fully saturated rings. The molecule has 0 spiro atoms. The molecule has 0 bridgehead atoms. The standard InChI is InChI=1S/C24H24F4N8/c25-19-2-1-16(7-18(19)24(26,27)28)20-12-36(11-14-9-31-10-14)22(34-20)15-3-5-35(6-4-15)23-17(8-29)21(30)32-13-33-23/h1-2,7,12-15,31H,3-6,9-11H2,(H2,30,32,33). The number of aromatic nitrogens is 4. The number of anilines is 2. The van der Waals surface area contributed by atoms with Gasteiger partial charge in [0.2, 0.25) is 0 Å². The minimum absolute atomic E-state index is 0.0651. The van der Waals surface area contributed by atoms with Crippen LogP contribution in [0.2, 0.25) is 0 Å². The minimum atomic E-state index is -4.79. The van der Waals surface area contributed by atoms with Gasteiger partial charge in [0, 0.05) is 56.3 Å². The first kappa shape index (κ1) is 24.0.